The van der Waals surface area contributed by atoms with Gasteiger partial charge in [-0.1, -0.05) is 19.1 Å². The predicted molar refractivity (Wildman–Crippen MR) is 114 cm³/mol. The van der Waals surface area contributed by atoms with Crippen molar-refractivity contribution < 1.29 is 19.2 Å². The van der Waals surface area contributed by atoms with E-state index in [0.717, 1.165) is 12.0 Å². The standard InChI is InChI=1S/C20H23BrN4O5/c1-3-7-30-19-15(21)9-13(10-17(19)29-2)20(26)22-18-11-16(23-24-18)12-5-4-6-14(8-12)25(27)28/h4-6,8-10,16,18,23-24H,3,7,11H2,1-2H3,(H,22,26). The molecule has 2 aromatic carbocycles. The Kier molecular flexibility index (Phi) is 7.24. The third-order valence-corrected chi connectivity index (χ3v) is 5.22. The summed E-state index contributed by atoms with van der Waals surface area (Å²) in [6.07, 6.45) is 1.04. The molecule has 1 aliphatic heterocycles. The first-order chi connectivity index (χ1) is 14.4. The molecule has 160 valence electrons. The van der Waals surface area contributed by atoms with Crippen LogP contribution < -0.4 is 25.6 Å². The van der Waals surface area contributed by atoms with E-state index in [4.69, 9.17) is 9.47 Å². The highest BCUT2D eigenvalue weighted by Crippen LogP contribution is 2.37. The van der Waals surface area contributed by atoms with Gasteiger partial charge in [-0.05, 0) is 40.0 Å². The van der Waals surface area contributed by atoms with Gasteiger partial charge in [-0.3, -0.25) is 14.9 Å². The number of nitro benzene ring substituents is 1. The van der Waals surface area contributed by atoms with E-state index in [2.05, 4.69) is 32.1 Å². The molecule has 2 aromatic rings. The lowest BCUT2D eigenvalue weighted by atomic mass is 10.0. The number of rotatable bonds is 8. The molecule has 3 N–H and O–H groups in total. The van der Waals surface area contributed by atoms with Gasteiger partial charge < -0.3 is 14.8 Å². The van der Waals surface area contributed by atoms with Crippen LogP contribution in [0.4, 0.5) is 5.69 Å². The Morgan fingerprint density at radius 3 is 2.83 bits per heavy atom. The van der Waals surface area contributed by atoms with Crippen molar-refractivity contribution in [1.29, 1.82) is 0 Å². The molecule has 3 rings (SSSR count). The number of amides is 1. The summed E-state index contributed by atoms with van der Waals surface area (Å²) in [7, 11) is 1.52. The maximum atomic E-state index is 12.7. The van der Waals surface area contributed by atoms with Gasteiger partial charge in [-0.15, -0.1) is 0 Å². The minimum absolute atomic E-state index is 0.0316. The Labute approximate surface area is 182 Å². The van der Waals surface area contributed by atoms with Gasteiger partial charge in [0, 0.05) is 30.2 Å². The number of hydrogen-bond acceptors (Lipinski definition) is 7. The lowest BCUT2D eigenvalue weighted by Crippen LogP contribution is -2.44. The van der Waals surface area contributed by atoms with Crippen LogP contribution in [0.1, 0.15) is 41.7 Å². The first-order valence-corrected chi connectivity index (χ1v) is 10.3. The van der Waals surface area contributed by atoms with E-state index in [1.54, 1.807) is 18.2 Å². The number of halogens is 1. The van der Waals surface area contributed by atoms with Crippen molar-refractivity contribution in [3.8, 4) is 11.5 Å². The number of nitrogens with zero attached hydrogens (tertiary/aromatic N) is 1. The van der Waals surface area contributed by atoms with Gasteiger partial charge in [-0.2, -0.15) is 0 Å². The van der Waals surface area contributed by atoms with Crippen LogP contribution in [0.15, 0.2) is 40.9 Å². The van der Waals surface area contributed by atoms with Crippen molar-refractivity contribution >= 4 is 27.5 Å². The summed E-state index contributed by atoms with van der Waals surface area (Å²) in [6, 6.07) is 9.58. The summed E-state index contributed by atoms with van der Waals surface area (Å²) in [5.41, 5.74) is 7.31. The second-order valence-corrected chi connectivity index (χ2v) is 7.65. The number of methoxy groups -OCH3 is 1. The molecule has 1 aliphatic rings. The van der Waals surface area contributed by atoms with E-state index in [0.29, 0.717) is 34.6 Å². The molecule has 0 aromatic heterocycles. The molecule has 2 unspecified atom stereocenters. The highest BCUT2D eigenvalue weighted by Gasteiger charge is 2.28. The molecule has 1 heterocycles. The van der Waals surface area contributed by atoms with Crippen LogP contribution in [0, 0.1) is 10.1 Å². The zero-order chi connectivity index (χ0) is 21.7. The molecular formula is C20H23BrN4O5. The molecule has 30 heavy (non-hydrogen) atoms. The normalized spacial score (nSPS) is 18.1. The van der Waals surface area contributed by atoms with Gasteiger partial charge in [0.25, 0.3) is 11.6 Å². The number of non-ortho nitro benzene ring substituents is 1. The van der Waals surface area contributed by atoms with E-state index >= 15 is 0 Å². The zero-order valence-electron chi connectivity index (χ0n) is 16.6. The van der Waals surface area contributed by atoms with E-state index < -0.39 is 4.92 Å². The van der Waals surface area contributed by atoms with Crippen LogP contribution in [0.25, 0.3) is 0 Å². The number of benzene rings is 2. The number of nitrogens with one attached hydrogen (secondary N) is 3. The first-order valence-electron chi connectivity index (χ1n) is 9.49. The van der Waals surface area contributed by atoms with Crippen LogP contribution in [0.2, 0.25) is 0 Å². The fourth-order valence-electron chi connectivity index (χ4n) is 3.16. The smallest absolute Gasteiger partial charge is 0.269 e. The molecule has 0 spiro atoms. The van der Waals surface area contributed by atoms with Gasteiger partial charge >= 0.3 is 0 Å². The highest BCUT2D eigenvalue weighted by atomic mass is 79.9. The molecule has 0 aliphatic carbocycles. The molecular weight excluding hydrogens is 456 g/mol. The van der Waals surface area contributed by atoms with Gasteiger partial charge in [-0.25, -0.2) is 10.9 Å². The lowest BCUT2D eigenvalue weighted by Gasteiger charge is -2.16. The first kappa shape index (κ1) is 22.0. The average molecular weight is 479 g/mol. The number of hydrazine groups is 1. The zero-order valence-corrected chi connectivity index (χ0v) is 18.2. The van der Waals surface area contributed by atoms with Crippen LogP contribution in [-0.2, 0) is 0 Å². The SMILES string of the molecule is CCCOc1c(Br)cc(C(=O)NC2CC(c3cccc([N+](=O)[O-])c3)NN2)cc1OC. The third kappa shape index (κ3) is 5.07. The molecule has 1 fully saturated rings. The van der Waals surface area contributed by atoms with E-state index in [-0.39, 0.29) is 23.8 Å². The summed E-state index contributed by atoms with van der Waals surface area (Å²) < 4.78 is 11.7. The lowest BCUT2D eigenvalue weighted by molar-refractivity contribution is -0.384. The average Bonchev–Trinajstić information content (AvgIpc) is 3.20. The molecule has 9 nitrogen and oxygen atoms in total. The maximum absolute atomic E-state index is 12.7. The quantitative estimate of drug-likeness (QED) is 0.393. The highest BCUT2D eigenvalue weighted by molar-refractivity contribution is 9.10. The summed E-state index contributed by atoms with van der Waals surface area (Å²) >= 11 is 3.44. The summed E-state index contributed by atoms with van der Waals surface area (Å²) in [6.45, 7) is 2.54. The monoisotopic (exact) mass is 478 g/mol. The molecule has 0 radical (unpaired) electrons. The number of hydrogen-bond donors (Lipinski definition) is 3. The van der Waals surface area contributed by atoms with E-state index in [1.807, 2.05) is 13.0 Å². The van der Waals surface area contributed by atoms with Crippen molar-refractivity contribution in [2.24, 2.45) is 0 Å². The minimum Gasteiger partial charge on any atom is -0.493 e. The molecule has 2 atom stereocenters. The summed E-state index contributed by atoms with van der Waals surface area (Å²) in [5, 5.41) is 13.9. The van der Waals surface area contributed by atoms with E-state index in [9.17, 15) is 14.9 Å². The Bertz CT molecular complexity index is 939. The maximum Gasteiger partial charge on any atom is 0.269 e. The van der Waals surface area contributed by atoms with Crippen LogP contribution in [0.3, 0.4) is 0 Å². The van der Waals surface area contributed by atoms with Crippen LogP contribution >= 0.6 is 15.9 Å². The number of carbonyl (C=O) groups excluding carboxylic acids is 1. The second kappa shape index (κ2) is 9.88. The summed E-state index contributed by atoms with van der Waals surface area (Å²) in [5.74, 6) is 0.743. The number of carbonyl (C=O) groups is 1. The van der Waals surface area contributed by atoms with E-state index in [1.165, 1.54) is 19.2 Å². The van der Waals surface area contributed by atoms with Crippen molar-refractivity contribution in [2.45, 2.75) is 32.0 Å². The fraction of sp³-hybridized carbons (Fsp3) is 0.350. The van der Waals surface area contributed by atoms with Gasteiger partial charge in [0.1, 0.15) is 0 Å². The third-order valence-electron chi connectivity index (χ3n) is 4.63. The van der Waals surface area contributed by atoms with Gasteiger partial charge in [0.05, 0.1) is 29.3 Å². The van der Waals surface area contributed by atoms with Crippen molar-refractivity contribution in [1.82, 2.24) is 16.2 Å². The van der Waals surface area contributed by atoms with Crippen molar-refractivity contribution in [3.05, 3.63) is 62.1 Å². The Morgan fingerprint density at radius 2 is 2.13 bits per heavy atom. The molecule has 10 heteroatoms. The Morgan fingerprint density at radius 1 is 1.33 bits per heavy atom. The summed E-state index contributed by atoms with van der Waals surface area (Å²) in [4.78, 5) is 23.3. The predicted octanol–water partition coefficient (Wildman–Crippen LogP) is 3.45. The molecule has 0 bridgehead atoms. The molecule has 1 amide bonds. The fourth-order valence-corrected chi connectivity index (χ4v) is 3.72. The van der Waals surface area contributed by atoms with Crippen LogP contribution in [0.5, 0.6) is 11.5 Å². The number of ether oxygens (including phenoxy) is 2. The van der Waals surface area contributed by atoms with Gasteiger partial charge in [0.2, 0.25) is 0 Å². The Hall–Kier alpha value is -2.69. The topological polar surface area (TPSA) is 115 Å². The van der Waals surface area contributed by atoms with Crippen LogP contribution in [-0.4, -0.2) is 30.7 Å². The second-order valence-electron chi connectivity index (χ2n) is 6.79. The largest absolute Gasteiger partial charge is 0.493 e. The van der Waals surface area contributed by atoms with Crippen molar-refractivity contribution in [3.63, 3.8) is 0 Å². The van der Waals surface area contributed by atoms with Crippen molar-refractivity contribution in [2.75, 3.05) is 13.7 Å². The Balaban J connectivity index is 1.67. The minimum atomic E-state index is -0.426. The molecule has 0 saturated carbocycles. The number of nitro groups is 1. The molecule has 1 saturated heterocycles. The van der Waals surface area contributed by atoms with Gasteiger partial charge in [0.15, 0.2) is 11.5 Å².